The van der Waals surface area contributed by atoms with Crippen molar-refractivity contribution in [2.24, 2.45) is 5.73 Å². The molecule has 0 bridgehead atoms. The van der Waals surface area contributed by atoms with Crippen LogP contribution < -0.4 is 10.5 Å². The maximum absolute atomic E-state index is 6.40. The molecule has 11 heteroatoms. The van der Waals surface area contributed by atoms with Crippen molar-refractivity contribution >= 4 is 34.1 Å². The quantitative estimate of drug-likeness (QED) is 0.355. The number of aromatic nitrogens is 5. The Bertz CT molecular complexity index is 1390. The number of nitrogens with one attached hydrogen (secondary N) is 1. The lowest BCUT2D eigenvalue weighted by atomic mass is 10.0. The van der Waals surface area contributed by atoms with Crippen LogP contribution in [-0.2, 0) is 4.74 Å². The van der Waals surface area contributed by atoms with Gasteiger partial charge >= 0.3 is 0 Å². The number of likely N-dealkylation sites (tertiary alicyclic amines) is 1. The van der Waals surface area contributed by atoms with Crippen LogP contribution in [0.5, 0.6) is 5.75 Å². The van der Waals surface area contributed by atoms with Crippen LogP contribution in [0, 0.1) is 6.92 Å². The fourth-order valence-electron chi connectivity index (χ4n) is 4.94. The third-order valence-electron chi connectivity index (χ3n) is 7.15. The van der Waals surface area contributed by atoms with Crippen LogP contribution in [-0.4, -0.2) is 62.2 Å². The van der Waals surface area contributed by atoms with E-state index in [0.29, 0.717) is 39.1 Å². The summed E-state index contributed by atoms with van der Waals surface area (Å²) in [4.78, 5) is 6.69. The molecule has 3 aromatic heterocycles. The number of pyridine rings is 1. The molecule has 9 nitrogen and oxygen atoms in total. The second-order valence-corrected chi connectivity index (χ2v) is 10.2. The second kappa shape index (κ2) is 9.64. The normalized spacial score (nSPS) is 18.4. The molecule has 6 rings (SSSR count). The Labute approximate surface area is 218 Å². The Morgan fingerprint density at radius 1 is 1.17 bits per heavy atom. The molecule has 4 aromatic rings. The summed E-state index contributed by atoms with van der Waals surface area (Å²) in [5.74, 6) is 0.582. The van der Waals surface area contributed by atoms with Crippen molar-refractivity contribution in [3.8, 4) is 17.0 Å². The number of hydrogen-bond donors (Lipinski definition) is 2. The third kappa shape index (κ3) is 4.35. The number of hydrogen-bond acceptors (Lipinski definition) is 7. The van der Waals surface area contributed by atoms with Crippen LogP contribution in [0.15, 0.2) is 36.8 Å². The van der Waals surface area contributed by atoms with E-state index in [1.54, 1.807) is 6.92 Å². The molecule has 2 aliphatic heterocycles. The molecule has 1 atom stereocenters. The Balaban J connectivity index is 1.21. The van der Waals surface area contributed by atoms with E-state index in [4.69, 9.17) is 38.4 Å². The third-order valence-corrected chi connectivity index (χ3v) is 7.93. The number of ether oxygens (including phenoxy) is 2. The van der Waals surface area contributed by atoms with Crippen molar-refractivity contribution < 1.29 is 9.47 Å². The molecule has 1 aromatic carbocycles. The van der Waals surface area contributed by atoms with Gasteiger partial charge in [0.1, 0.15) is 11.4 Å². The smallest absolute Gasteiger partial charge is 0.177 e. The summed E-state index contributed by atoms with van der Waals surface area (Å²) in [6, 6.07) is 6.65. The predicted molar refractivity (Wildman–Crippen MR) is 138 cm³/mol. The molecule has 0 radical (unpaired) electrons. The lowest BCUT2D eigenvalue weighted by Gasteiger charge is -2.41. The van der Waals surface area contributed by atoms with Crippen molar-refractivity contribution in [1.29, 1.82) is 0 Å². The second-order valence-electron chi connectivity index (χ2n) is 9.40. The SMILES string of the molecule is Cc1ncc(Cl)c([C@@H](N)Oc2ccc3[nH]nc(-c4cnn(C5CCN(C6COC6)CC5)c4)c3c2)c1Cl. The average Bonchev–Trinajstić information content (AvgIpc) is 3.48. The number of nitrogens with zero attached hydrogens (tertiary/aromatic N) is 5. The van der Waals surface area contributed by atoms with Gasteiger partial charge in [0.25, 0.3) is 0 Å². The van der Waals surface area contributed by atoms with Gasteiger partial charge in [0.05, 0.1) is 52.8 Å². The molecule has 0 amide bonds. The number of benzene rings is 1. The first-order valence-electron chi connectivity index (χ1n) is 12.0. The summed E-state index contributed by atoms with van der Waals surface area (Å²) in [5, 5.41) is 14.0. The first kappa shape index (κ1) is 23.7. The van der Waals surface area contributed by atoms with Crippen LogP contribution >= 0.6 is 23.2 Å². The van der Waals surface area contributed by atoms with Gasteiger partial charge in [-0.25, -0.2) is 0 Å². The fraction of sp³-hybridized carbons (Fsp3) is 0.400. The molecule has 3 N–H and O–H groups in total. The van der Waals surface area contributed by atoms with E-state index in [1.807, 2.05) is 24.4 Å². The molecule has 188 valence electrons. The summed E-state index contributed by atoms with van der Waals surface area (Å²) in [6.45, 7) is 5.67. The maximum Gasteiger partial charge on any atom is 0.177 e. The zero-order valence-corrected chi connectivity index (χ0v) is 21.3. The van der Waals surface area contributed by atoms with Crippen molar-refractivity contribution in [3.63, 3.8) is 0 Å². The van der Waals surface area contributed by atoms with Gasteiger partial charge in [0.2, 0.25) is 0 Å². The topological polar surface area (TPSA) is 107 Å². The van der Waals surface area contributed by atoms with E-state index < -0.39 is 6.23 Å². The monoisotopic (exact) mass is 527 g/mol. The first-order chi connectivity index (χ1) is 17.5. The Hall–Kier alpha value is -2.69. The summed E-state index contributed by atoms with van der Waals surface area (Å²) < 4.78 is 13.5. The van der Waals surface area contributed by atoms with Gasteiger partial charge < -0.3 is 9.47 Å². The Kier molecular flexibility index (Phi) is 6.35. The minimum Gasteiger partial charge on any atom is -0.471 e. The van der Waals surface area contributed by atoms with Crippen LogP contribution in [0.25, 0.3) is 22.2 Å². The van der Waals surface area contributed by atoms with Crippen LogP contribution in [0.3, 0.4) is 0 Å². The zero-order valence-electron chi connectivity index (χ0n) is 19.8. The predicted octanol–water partition coefficient (Wildman–Crippen LogP) is 4.51. The molecule has 5 heterocycles. The molecular weight excluding hydrogens is 501 g/mol. The lowest BCUT2D eigenvalue weighted by Crippen LogP contribution is -2.51. The van der Waals surface area contributed by atoms with Gasteiger partial charge in [0, 0.05) is 42.0 Å². The molecule has 0 aliphatic carbocycles. The van der Waals surface area contributed by atoms with Crippen LogP contribution in [0.1, 0.15) is 36.4 Å². The Morgan fingerprint density at radius 2 is 1.97 bits per heavy atom. The molecule has 0 spiro atoms. The molecule has 0 unspecified atom stereocenters. The fourth-order valence-corrected chi connectivity index (χ4v) is 5.50. The van der Waals surface area contributed by atoms with Gasteiger partial charge in [-0.2, -0.15) is 10.2 Å². The van der Waals surface area contributed by atoms with E-state index in [-0.39, 0.29) is 0 Å². The minimum absolute atomic E-state index is 0.363. The van der Waals surface area contributed by atoms with Gasteiger partial charge in [-0.3, -0.25) is 25.4 Å². The molecule has 2 saturated heterocycles. The lowest BCUT2D eigenvalue weighted by molar-refractivity contribution is -0.0734. The van der Waals surface area contributed by atoms with Crippen LogP contribution in [0.4, 0.5) is 0 Å². The van der Waals surface area contributed by atoms with Crippen LogP contribution in [0.2, 0.25) is 10.0 Å². The highest BCUT2D eigenvalue weighted by Crippen LogP contribution is 2.35. The minimum atomic E-state index is -0.848. The summed E-state index contributed by atoms with van der Waals surface area (Å²) in [7, 11) is 0. The first-order valence-corrected chi connectivity index (χ1v) is 12.8. The number of nitrogens with two attached hydrogens (primary N) is 1. The number of piperidine rings is 1. The van der Waals surface area contributed by atoms with Crippen molar-refractivity contribution in [1.82, 2.24) is 29.9 Å². The average molecular weight is 528 g/mol. The molecule has 2 fully saturated rings. The van der Waals surface area contributed by atoms with Gasteiger partial charge in [-0.1, -0.05) is 23.2 Å². The zero-order chi connectivity index (χ0) is 24.8. The van der Waals surface area contributed by atoms with E-state index in [9.17, 15) is 0 Å². The Morgan fingerprint density at radius 3 is 2.72 bits per heavy atom. The van der Waals surface area contributed by atoms with Gasteiger partial charge in [-0.15, -0.1) is 0 Å². The van der Waals surface area contributed by atoms with E-state index in [0.717, 1.165) is 61.3 Å². The molecule has 36 heavy (non-hydrogen) atoms. The number of rotatable bonds is 6. The van der Waals surface area contributed by atoms with E-state index in [1.165, 1.54) is 6.20 Å². The molecule has 2 aliphatic rings. The summed E-state index contributed by atoms with van der Waals surface area (Å²) >= 11 is 12.7. The van der Waals surface area contributed by atoms with E-state index in [2.05, 4.69) is 36.1 Å². The summed E-state index contributed by atoms with van der Waals surface area (Å²) in [6.07, 6.45) is 6.80. The molecular formula is C25H27Cl2N7O2. The van der Waals surface area contributed by atoms with Gasteiger partial charge in [0.15, 0.2) is 6.23 Å². The standard InChI is InChI=1S/C25H27Cl2N7O2/c1-14-23(27)22(20(26)10-29-14)25(28)36-18-2-3-21-19(8-18)24(32-31-21)15-9-30-34(11-15)16-4-6-33(7-5-16)17-12-35-13-17/h2-3,8-11,16-17,25H,4-7,12-13,28H2,1H3,(H,31,32)/t25-/m0/s1. The van der Waals surface area contributed by atoms with E-state index >= 15 is 0 Å². The maximum atomic E-state index is 6.40. The largest absolute Gasteiger partial charge is 0.471 e. The highest BCUT2D eigenvalue weighted by atomic mass is 35.5. The molecule has 0 saturated carbocycles. The summed E-state index contributed by atoms with van der Waals surface area (Å²) in [5.41, 5.74) is 10.1. The number of H-pyrrole nitrogens is 1. The number of halogens is 2. The number of fused-ring (bicyclic) bond motifs is 1. The number of aromatic amines is 1. The number of aryl methyl sites for hydroxylation is 1. The highest BCUT2D eigenvalue weighted by Gasteiger charge is 2.30. The highest BCUT2D eigenvalue weighted by molar-refractivity contribution is 6.36. The van der Waals surface area contributed by atoms with Gasteiger partial charge in [-0.05, 0) is 38.0 Å². The van der Waals surface area contributed by atoms with Crippen molar-refractivity contribution in [2.45, 2.75) is 38.1 Å². The van der Waals surface area contributed by atoms with Crippen molar-refractivity contribution in [2.75, 3.05) is 26.3 Å². The van der Waals surface area contributed by atoms with Crippen molar-refractivity contribution in [3.05, 3.63) is 58.1 Å².